The largest absolute Gasteiger partial charge is 0.496 e. The van der Waals surface area contributed by atoms with Crippen LogP contribution >= 0.6 is 0 Å². The van der Waals surface area contributed by atoms with Crippen LogP contribution in [0.15, 0.2) is 65.9 Å². The minimum atomic E-state index is -0.719. The Morgan fingerprint density at radius 2 is 1.79 bits per heavy atom. The minimum absolute atomic E-state index is 0.187. The van der Waals surface area contributed by atoms with E-state index in [1.54, 1.807) is 20.4 Å². The average molecular weight is 389 g/mol. The van der Waals surface area contributed by atoms with Crippen molar-refractivity contribution in [1.29, 1.82) is 0 Å². The molecule has 1 unspecified atom stereocenters. The van der Waals surface area contributed by atoms with Crippen molar-refractivity contribution >= 4 is 6.02 Å². The van der Waals surface area contributed by atoms with Crippen LogP contribution in [0, 0.1) is 6.92 Å². The standard InChI is InChI=1S/C23H23N3O3/c1-15-9-19(7-8-21(15)28-3)23(14-29-22(24)26-23)18-6-4-5-16(10-18)17-11-20(27-2)13-25-12-17/h4-13H,14H2,1-3H3,(H2,24,26). The van der Waals surface area contributed by atoms with E-state index in [0.29, 0.717) is 12.4 Å². The number of nitrogens with zero attached hydrogens (tertiary/aromatic N) is 2. The summed E-state index contributed by atoms with van der Waals surface area (Å²) < 4.78 is 16.3. The molecule has 2 aromatic carbocycles. The molecule has 4 rings (SSSR count). The van der Waals surface area contributed by atoms with Crippen LogP contribution in [0.4, 0.5) is 0 Å². The quantitative estimate of drug-likeness (QED) is 0.720. The lowest BCUT2D eigenvalue weighted by Crippen LogP contribution is -2.27. The number of aryl methyl sites for hydroxylation is 1. The second-order valence-corrected chi connectivity index (χ2v) is 6.98. The van der Waals surface area contributed by atoms with Gasteiger partial charge in [0.1, 0.15) is 18.1 Å². The van der Waals surface area contributed by atoms with Gasteiger partial charge in [0.15, 0.2) is 5.54 Å². The van der Waals surface area contributed by atoms with Crippen molar-refractivity contribution in [2.24, 2.45) is 10.7 Å². The van der Waals surface area contributed by atoms with Crippen LogP contribution in [0.1, 0.15) is 16.7 Å². The number of rotatable bonds is 5. The lowest BCUT2D eigenvalue weighted by molar-refractivity contribution is 0.278. The molecule has 6 heteroatoms. The van der Waals surface area contributed by atoms with Gasteiger partial charge in [-0.05, 0) is 53.4 Å². The Hall–Kier alpha value is -3.54. The Kier molecular flexibility index (Phi) is 4.84. The van der Waals surface area contributed by atoms with E-state index in [4.69, 9.17) is 24.9 Å². The fourth-order valence-corrected chi connectivity index (χ4v) is 3.67. The second kappa shape index (κ2) is 7.47. The lowest BCUT2D eigenvalue weighted by atomic mass is 9.82. The predicted octanol–water partition coefficient (Wildman–Crippen LogP) is 3.66. The van der Waals surface area contributed by atoms with E-state index in [1.807, 2.05) is 49.5 Å². The summed E-state index contributed by atoms with van der Waals surface area (Å²) in [6.45, 7) is 2.35. The monoisotopic (exact) mass is 389 g/mol. The van der Waals surface area contributed by atoms with Gasteiger partial charge in [0.2, 0.25) is 0 Å². The SMILES string of the molecule is COc1cncc(-c2cccc(C3(c4ccc(OC)c(C)c4)COC(N)=N3)c2)c1. The van der Waals surface area contributed by atoms with Crippen molar-refractivity contribution in [2.45, 2.75) is 12.5 Å². The molecule has 0 saturated heterocycles. The highest BCUT2D eigenvalue weighted by Gasteiger charge is 2.40. The molecule has 3 aromatic rings. The number of nitrogens with two attached hydrogens (primary N) is 1. The zero-order valence-electron chi connectivity index (χ0n) is 16.7. The van der Waals surface area contributed by atoms with E-state index in [1.165, 1.54) is 0 Å². The van der Waals surface area contributed by atoms with Gasteiger partial charge < -0.3 is 19.9 Å². The molecule has 0 spiro atoms. The van der Waals surface area contributed by atoms with Gasteiger partial charge in [-0.2, -0.15) is 0 Å². The van der Waals surface area contributed by atoms with Gasteiger partial charge in [0.25, 0.3) is 6.02 Å². The lowest BCUT2D eigenvalue weighted by Gasteiger charge is -2.26. The van der Waals surface area contributed by atoms with Crippen LogP contribution in [0.25, 0.3) is 11.1 Å². The maximum atomic E-state index is 5.94. The zero-order valence-corrected chi connectivity index (χ0v) is 16.7. The summed E-state index contributed by atoms with van der Waals surface area (Å²) in [6, 6.07) is 16.4. The number of hydrogen-bond donors (Lipinski definition) is 1. The summed E-state index contributed by atoms with van der Waals surface area (Å²) in [4.78, 5) is 8.98. The maximum Gasteiger partial charge on any atom is 0.283 e. The molecule has 6 nitrogen and oxygen atoms in total. The molecular formula is C23H23N3O3. The first-order chi connectivity index (χ1) is 14.1. The van der Waals surface area contributed by atoms with E-state index in [0.717, 1.165) is 33.6 Å². The summed E-state index contributed by atoms with van der Waals surface area (Å²) in [5, 5.41) is 0. The predicted molar refractivity (Wildman–Crippen MR) is 112 cm³/mol. The summed E-state index contributed by atoms with van der Waals surface area (Å²) in [6.07, 6.45) is 3.50. The first-order valence-electron chi connectivity index (χ1n) is 9.29. The van der Waals surface area contributed by atoms with Crippen LogP contribution in [0.2, 0.25) is 0 Å². The smallest absolute Gasteiger partial charge is 0.283 e. The maximum absolute atomic E-state index is 5.94. The third-order valence-corrected chi connectivity index (χ3v) is 5.22. The van der Waals surface area contributed by atoms with Gasteiger partial charge in [0.05, 0.1) is 20.4 Å². The summed E-state index contributed by atoms with van der Waals surface area (Å²) in [5.74, 6) is 1.54. The van der Waals surface area contributed by atoms with Crippen LogP contribution in [0.3, 0.4) is 0 Å². The van der Waals surface area contributed by atoms with Gasteiger partial charge in [0, 0.05) is 11.8 Å². The topological polar surface area (TPSA) is 79.0 Å². The Bertz CT molecular complexity index is 1080. The number of methoxy groups -OCH3 is 2. The Morgan fingerprint density at radius 1 is 0.966 bits per heavy atom. The van der Waals surface area contributed by atoms with Crippen molar-refractivity contribution < 1.29 is 14.2 Å². The molecule has 0 bridgehead atoms. The fraction of sp³-hybridized carbons (Fsp3) is 0.217. The van der Waals surface area contributed by atoms with Crippen LogP contribution in [0.5, 0.6) is 11.5 Å². The molecule has 0 amide bonds. The third kappa shape index (κ3) is 3.38. The number of ether oxygens (including phenoxy) is 3. The second-order valence-electron chi connectivity index (χ2n) is 6.98. The molecule has 29 heavy (non-hydrogen) atoms. The van der Waals surface area contributed by atoms with Gasteiger partial charge >= 0.3 is 0 Å². The first-order valence-corrected chi connectivity index (χ1v) is 9.29. The van der Waals surface area contributed by atoms with Crippen LogP contribution < -0.4 is 15.2 Å². The number of benzene rings is 2. The van der Waals surface area contributed by atoms with Crippen molar-refractivity contribution in [3.8, 4) is 22.6 Å². The van der Waals surface area contributed by atoms with Crippen LogP contribution in [-0.4, -0.2) is 31.8 Å². The number of hydrogen-bond acceptors (Lipinski definition) is 6. The van der Waals surface area contributed by atoms with E-state index in [9.17, 15) is 0 Å². The summed E-state index contributed by atoms with van der Waals surface area (Å²) >= 11 is 0. The van der Waals surface area contributed by atoms with Crippen molar-refractivity contribution in [3.05, 3.63) is 77.6 Å². The van der Waals surface area contributed by atoms with E-state index < -0.39 is 5.54 Å². The molecule has 0 fully saturated rings. The molecule has 0 saturated carbocycles. The van der Waals surface area contributed by atoms with E-state index in [2.05, 4.69) is 17.1 Å². The molecule has 0 radical (unpaired) electrons. The Labute approximate surface area is 170 Å². The molecule has 2 heterocycles. The molecule has 2 N–H and O–H groups in total. The highest BCUT2D eigenvalue weighted by molar-refractivity contribution is 5.76. The van der Waals surface area contributed by atoms with Gasteiger partial charge in [-0.1, -0.05) is 24.3 Å². The number of pyridine rings is 1. The van der Waals surface area contributed by atoms with Crippen molar-refractivity contribution in [2.75, 3.05) is 20.8 Å². The number of amidine groups is 1. The molecule has 1 aliphatic rings. The molecule has 1 atom stereocenters. The van der Waals surface area contributed by atoms with E-state index in [-0.39, 0.29) is 6.02 Å². The summed E-state index contributed by atoms with van der Waals surface area (Å²) in [7, 11) is 3.30. The molecule has 1 aromatic heterocycles. The average Bonchev–Trinajstić information content (AvgIpc) is 3.17. The van der Waals surface area contributed by atoms with Gasteiger partial charge in [-0.3, -0.25) is 4.98 Å². The van der Waals surface area contributed by atoms with Gasteiger partial charge in [-0.15, -0.1) is 0 Å². The number of aromatic nitrogens is 1. The molecule has 148 valence electrons. The molecular weight excluding hydrogens is 366 g/mol. The number of aliphatic imine (C=N–C) groups is 1. The highest BCUT2D eigenvalue weighted by atomic mass is 16.5. The van der Waals surface area contributed by atoms with Crippen molar-refractivity contribution in [3.63, 3.8) is 0 Å². The minimum Gasteiger partial charge on any atom is -0.496 e. The molecule has 1 aliphatic heterocycles. The van der Waals surface area contributed by atoms with Gasteiger partial charge in [-0.25, -0.2) is 4.99 Å². The van der Waals surface area contributed by atoms with Crippen molar-refractivity contribution in [1.82, 2.24) is 4.98 Å². The normalized spacial score (nSPS) is 18.1. The fourth-order valence-electron chi connectivity index (χ4n) is 3.67. The third-order valence-electron chi connectivity index (χ3n) is 5.22. The van der Waals surface area contributed by atoms with Crippen LogP contribution in [-0.2, 0) is 10.3 Å². The Balaban J connectivity index is 1.84. The first kappa shape index (κ1) is 18.8. The summed E-state index contributed by atoms with van der Waals surface area (Å²) in [5.41, 5.74) is 10.2. The zero-order chi connectivity index (χ0) is 20.4. The molecule has 0 aliphatic carbocycles. The van der Waals surface area contributed by atoms with E-state index >= 15 is 0 Å². The highest BCUT2D eigenvalue weighted by Crippen LogP contribution is 2.40. The Morgan fingerprint density at radius 3 is 2.48 bits per heavy atom.